The molecule has 106 valence electrons. The Morgan fingerprint density at radius 2 is 2.00 bits per heavy atom. The zero-order chi connectivity index (χ0) is 14.3. The molecule has 0 aliphatic carbocycles. The van der Waals surface area contributed by atoms with Gasteiger partial charge in [0.15, 0.2) is 0 Å². The van der Waals surface area contributed by atoms with Crippen LogP contribution in [0.25, 0.3) is 0 Å². The van der Waals surface area contributed by atoms with Crippen LogP contribution in [-0.4, -0.2) is 11.9 Å². The summed E-state index contributed by atoms with van der Waals surface area (Å²) in [6.07, 6.45) is 5.70. The highest BCUT2D eigenvalue weighted by atomic mass is 16.1. The number of nitrogens with one attached hydrogen (secondary N) is 1. The van der Waals surface area contributed by atoms with E-state index in [9.17, 15) is 4.79 Å². The fourth-order valence-corrected chi connectivity index (χ4v) is 2.14. The van der Waals surface area contributed by atoms with Gasteiger partial charge in [0, 0.05) is 11.6 Å². The lowest BCUT2D eigenvalue weighted by Gasteiger charge is -2.20. The molecule has 19 heavy (non-hydrogen) atoms. The van der Waals surface area contributed by atoms with Crippen LogP contribution in [0.2, 0.25) is 0 Å². The van der Waals surface area contributed by atoms with Crippen LogP contribution in [0.1, 0.15) is 56.3 Å². The minimum Gasteiger partial charge on any atom is -0.397 e. The van der Waals surface area contributed by atoms with Crippen molar-refractivity contribution in [1.82, 2.24) is 0 Å². The Kier molecular flexibility index (Phi) is 6.19. The van der Waals surface area contributed by atoms with Gasteiger partial charge in [-0.05, 0) is 31.0 Å². The van der Waals surface area contributed by atoms with Crippen LogP contribution < -0.4 is 16.8 Å². The number of nitrogens with two attached hydrogens (primary N) is 2. The van der Waals surface area contributed by atoms with Crippen molar-refractivity contribution < 1.29 is 4.79 Å². The molecule has 0 saturated carbocycles. The van der Waals surface area contributed by atoms with Gasteiger partial charge in [-0.2, -0.15) is 0 Å². The molecule has 0 aromatic heterocycles. The maximum atomic E-state index is 11.2. The first kappa shape index (κ1) is 15.3. The van der Waals surface area contributed by atoms with E-state index in [-0.39, 0.29) is 0 Å². The van der Waals surface area contributed by atoms with Crippen LogP contribution in [0.5, 0.6) is 0 Å². The van der Waals surface area contributed by atoms with Gasteiger partial charge in [0.25, 0.3) is 0 Å². The van der Waals surface area contributed by atoms with Crippen molar-refractivity contribution >= 4 is 17.3 Å². The summed E-state index contributed by atoms with van der Waals surface area (Å²) < 4.78 is 0. The molecule has 0 saturated heterocycles. The quantitative estimate of drug-likeness (QED) is 0.630. The van der Waals surface area contributed by atoms with E-state index in [1.165, 1.54) is 12.8 Å². The van der Waals surface area contributed by atoms with Crippen LogP contribution in [0.3, 0.4) is 0 Å². The van der Waals surface area contributed by atoms with E-state index in [1.807, 2.05) is 0 Å². The number of unbranched alkanes of at least 4 members (excludes halogenated alkanes) is 1. The van der Waals surface area contributed by atoms with E-state index in [4.69, 9.17) is 11.5 Å². The smallest absolute Gasteiger partial charge is 0.248 e. The monoisotopic (exact) mass is 263 g/mol. The third-order valence-electron chi connectivity index (χ3n) is 3.24. The van der Waals surface area contributed by atoms with Gasteiger partial charge in [-0.3, -0.25) is 4.79 Å². The van der Waals surface area contributed by atoms with Gasteiger partial charge < -0.3 is 16.8 Å². The van der Waals surface area contributed by atoms with Crippen molar-refractivity contribution in [1.29, 1.82) is 0 Å². The SMILES string of the molecule is CCCCC(CCC)Nc1cc(C(N)=O)ccc1N. The number of hydrogen-bond donors (Lipinski definition) is 3. The molecular formula is C15H25N3O. The molecular weight excluding hydrogens is 238 g/mol. The van der Waals surface area contributed by atoms with E-state index < -0.39 is 5.91 Å². The number of anilines is 2. The molecule has 0 radical (unpaired) electrons. The summed E-state index contributed by atoms with van der Waals surface area (Å²) in [5.74, 6) is -0.427. The number of carbonyl (C=O) groups is 1. The van der Waals surface area contributed by atoms with Crippen LogP contribution >= 0.6 is 0 Å². The fraction of sp³-hybridized carbons (Fsp3) is 0.533. The summed E-state index contributed by atoms with van der Waals surface area (Å²) in [6, 6.07) is 5.52. The van der Waals surface area contributed by atoms with Gasteiger partial charge in [0.1, 0.15) is 0 Å². The Morgan fingerprint density at radius 3 is 2.58 bits per heavy atom. The van der Waals surface area contributed by atoms with E-state index >= 15 is 0 Å². The third kappa shape index (κ3) is 4.81. The number of carbonyl (C=O) groups excluding carboxylic acids is 1. The Bertz CT molecular complexity index is 418. The number of nitrogen functional groups attached to an aromatic ring is 1. The Morgan fingerprint density at radius 1 is 1.26 bits per heavy atom. The van der Waals surface area contributed by atoms with Crippen molar-refractivity contribution in [3.63, 3.8) is 0 Å². The first-order chi connectivity index (χ1) is 9.08. The second kappa shape index (κ2) is 7.67. The normalized spacial score (nSPS) is 12.1. The maximum Gasteiger partial charge on any atom is 0.248 e. The van der Waals surface area contributed by atoms with Crippen molar-refractivity contribution in [2.24, 2.45) is 5.73 Å². The van der Waals surface area contributed by atoms with Crippen molar-refractivity contribution in [2.75, 3.05) is 11.1 Å². The predicted molar refractivity (Wildman–Crippen MR) is 81.2 cm³/mol. The van der Waals surface area contributed by atoms with Crippen LogP contribution in [0.15, 0.2) is 18.2 Å². The van der Waals surface area contributed by atoms with E-state index in [0.717, 1.165) is 24.9 Å². The molecule has 0 bridgehead atoms. The largest absolute Gasteiger partial charge is 0.397 e. The standard InChI is InChI=1S/C15H25N3O/c1-3-5-7-12(6-4-2)18-14-10-11(15(17)19)8-9-13(14)16/h8-10,12,18H,3-7,16H2,1-2H3,(H2,17,19). The molecule has 0 heterocycles. The zero-order valence-electron chi connectivity index (χ0n) is 11.9. The number of primary amides is 1. The maximum absolute atomic E-state index is 11.2. The van der Waals surface area contributed by atoms with Gasteiger partial charge in [-0.1, -0.05) is 33.1 Å². The number of rotatable bonds is 8. The summed E-state index contributed by atoms with van der Waals surface area (Å²) in [5, 5.41) is 3.45. The highest BCUT2D eigenvalue weighted by Crippen LogP contribution is 2.23. The first-order valence-electron chi connectivity index (χ1n) is 7.04. The van der Waals surface area contributed by atoms with Crippen LogP contribution in [0.4, 0.5) is 11.4 Å². The van der Waals surface area contributed by atoms with Gasteiger partial charge in [-0.25, -0.2) is 0 Å². The van der Waals surface area contributed by atoms with Gasteiger partial charge in [0.05, 0.1) is 11.4 Å². The van der Waals surface area contributed by atoms with E-state index in [1.54, 1.807) is 18.2 Å². The van der Waals surface area contributed by atoms with Crippen molar-refractivity contribution in [2.45, 2.75) is 52.0 Å². The minimum atomic E-state index is -0.427. The molecule has 4 nitrogen and oxygen atoms in total. The Labute approximate surface area is 115 Å². The van der Waals surface area contributed by atoms with Gasteiger partial charge >= 0.3 is 0 Å². The molecule has 0 aliphatic heterocycles. The molecule has 0 spiro atoms. The lowest BCUT2D eigenvalue weighted by molar-refractivity contribution is 0.100. The predicted octanol–water partition coefficient (Wildman–Crippen LogP) is 3.14. The average Bonchev–Trinajstić information content (AvgIpc) is 2.38. The van der Waals surface area contributed by atoms with Crippen molar-refractivity contribution in [3.8, 4) is 0 Å². The molecule has 1 amide bonds. The minimum absolute atomic E-state index is 0.398. The average molecular weight is 263 g/mol. The number of amides is 1. The van der Waals surface area contributed by atoms with Gasteiger partial charge in [0.2, 0.25) is 5.91 Å². The Hall–Kier alpha value is -1.71. The summed E-state index contributed by atoms with van der Waals surface area (Å²) >= 11 is 0. The summed E-state index contributed by atoms with van der Waals surface area (Å²) in [7, 11) is 0. The van der Waals surface area contributed by atoms with E-state index in [0.29, 0.717) is 17.3 Å². The lowest BCUT2D eigenvalue weighted by atomic mass is 10.0. The summed E-state index contributed by atoms with van der Waals surface area (Å²) in [5.41, 5.74) is 13.2. The highest BCUT2D eigenvalue weighted by Gasteiger charge is 2.10. The number of hydrogen-bond acceptors (Lipinski definition) is 3. The summed E-state index contributed by atoms with van der Waals surface area (Å²) in [6.45, 7) is 4.36. The molecule has 1 atom stereocenters. The molecule has 1 aromatic carbocycles. The zero-order valence-corrected chi connectivity index (χ0v) is 11.9. The molecule has 0 fully saturated rings. The highest BCUT2D eigenvalue weighted by molar-refractivity contribution is 5.94. The molecule has 4 heteroatoms. The fourth-order valence-electron chi connectivity index (χ4n) is 2.14. The van der Waals surface area contributed by atoms with E-state index in [2.05, 4.69) is 19.2 Å². The third-order valence-corrected chi connectivity index (χ3v) is 3.24. The second-order valence-electron chi connectivity index (χ2n) is 4.94. The summed E-state index contributed by atoms with van der Waals surface area (Å²) in [4.78, 5) is 11.2. The topological polar surface area (TPSA) is 81.1 Å². The Balaban J connectivity index is 2.81. The van der Waals surface area contributed by atoms with Gasteiger partial charge in [-0.15, -0.1) is 0 Å². The second-order valence-corrected chi connectivity index (χ2v) is 4.94. The van der Waals surface area contributed by atoms with Crippen LogP contribution in [0, 0.1) is 0 Å². The molecule has 0 aliphatic rings. The lowest BCUT2D eigenvalue weighted by Crippen LogP contribution is -2.20. The van der Waals surface area contributed by atoms with Crippen LogP contribution in [-0.2, 0) is 0 Å². The molecule has 1 unspecified atom stereocenters. The first-order valence-corrected chi connectivity index (χ1v) is 7.04. The molecule has 1 aromatic rings. The molecule has 5 N–H and O–H groups in total. The van der Waals surface area contributed by atoms with Crippen molar-refractivity contribution in [3.05, 3.63) is 23.8 Å². The number of benzene rings is 1. The molecule has 1 rings (SSSR count).